The number of rotatable bonds is 5. The zero-order chi connectivity index (χ0) is 21.9. The summed E-state index contributed by atoms with van der Waals surface area (Å²) in [6, 6.07) is 27.5. The minimum Gasteiger partial charge on any atom is -0.489 e. The Morgan fingerprint density at radius 2 is 1.47 bits per heavy atom. The SMILES string of the molecule is CC(=O)O[C@@H]1CCCC[C@H]1c1ccccc1OCc1c2ccccc2cc2ccccc12. The summed E-state index contributed by atoms with van der Waals surface area (Å²) in [5.74, 6) is 0.851. The van der Waals surface area contributed by atoms with Gasteiger partial charge < -0.3 is 9.47 Å². The number of hydrogen-bond donors (Lipinski definition) is 0. The van der Waals surface area contributed by atoms with Gasteiger partial charge >= 0.3 is 5.97 Å². The highest BCUT2D eigenvalue weighted by Crippen LogP contribution is 2.40. The number of ether oxygens (including phenoxy) is 2. The van der Waals surface area contributed by atoms with E-state index in [1.165, 1.54) is 34.0 Å². The molecule has 1 fully saturated rings. The number of esters is 1. The predicted octanol–water partition coefficient (Wildman–Crippen LogP) is 7.16. The van der Waals surface area contributed by atoms with Gasteiger partial charge in [0.25, 0.3) is 0 Å². The van der Waals surface area contributed by atoms with E-state index in [0.717, 1.165) is 37.0 Å². The fourth-order valence-electron chi connectivity index (χ4n) is 5.14. The van der Waals surface area contributed by atoms with E-state index < -0.39 is 0 Å². The summed E-state index contributed by atoms with van der Waals surface area (Å²) in [7, 11) is 0. The molecule has 5 rings (SSSR count). The van der Waals surface area contributed by atoms with Gasteiger partial charge in [-0.1, -0.05) is 73.2 Å². The van der Waals surface area contributed by atoms with E-state index in [4.69, 9.17) is 9.47 Å². The molecule has 0 heterocycles. The highest BCUT2D eigenvalue weighted by molar-refractivity contribution is 6.02. The van der Waals surface area contributed by atoms with Gasteiger partial charge in [0, 0.05) is 24.0 Å². The molecular weight excluding hydrogens is 396 g/mol. The monoisotopic (exact) mass is 424 g/mol. The van der Waals surface area contributed by atoms with Crippen LogP contribution in [0.5, 0.6) is 5.75 Å². The Kier molecular flexibility index (Phi) is 5.81. The Morgan fingerprint density at radius 3 is 2.19 bits per heavy atom. The highest BCUT2D eigenvalue weighted by atomic mass is 16.5. The van der Waals surface area contributed by atoms with Crippen molar-refractivity contribution in [1.29, 1.82) is 0 Å². The van der Waals surface area contributed by atoms with Crippen molar-refractivity contribution in [2.75, 3.05) is 0 Å². The van der Waals surface area contributed by atoms with Crippen molar-refractivity contribution >= 4 is 27.5 Å². The zero-order valence-electron chi connectivity index (χ0n) is 18.4. The summed E-state index contributed by atoms with van der Waals surface area (Å²) in [6.07, 6.45) is 4.08. The Labute approximate surface area is 189 Å². The van der Waals surface area contributed by atoms with Crippen LogP contribution in [0.3, 0.4) is 0 Å². The molecule has 4 aromatic rings. The second-order valence-electron chi connectivity index (χ2n) is 8.66. The van der Waals surface area contributed by atoms with Crippen molar-refractivity contribution in [1.82, 2.24) is 0 Å². The lowest BCUT2D eigenvalue weighted by atomic mass is 9.81. The molecule has 0 radical (unpaired) electrons. The number of carbonyl (C=O) groups is 1. The third-order valence-corrected chi connectivity index (χ3v) is 6.59. The van der Waals surface area contributed by atoms with E-state index in [-0.39, 0.29) is 18.0 Å². The molecule has 1 saturated carbocycles. The van der Waals surface area contributed by atoms with Crippen LogP contribution in [0.4, 0.5) is 0 Å². The van der Waals surface area contributed by atoms with Gasteiger partial charge in [-0.2, -0.15) is 0 Å². The molecule has 0 bridgehead atoms. The third kappa shape index (κ3) is 4.08. The van der Waals surface area contributed by atoms with Gasteiger partial charge in [0.2, 0.25) is 0 Å². The number of para-hydroxylation sites is 1. The van der Waals surface area contributed by atoms with Crippen LogP contribution in [0.15, 0.2) is 78.9 Å². The highest BCUT2D eigenvalue weighted by Gasteiger charge is 2.31. The Bertz CT molecular complexity index is 1210. The van der Waals surface area contributed by atoms with Crippen molar-refractivity contribution in [2.24, 2.45) is 0 Å². The zero-order valence-corrected chi connectivity index (χ0v) is 18.4. The molecule has 3 nitrogen and oxygen atoms in total. The van der Waals surface area contributed by atoms with Crippen molar-refractivity contribution in [3.05, 3.63) is 90.0 Å². The minimum atomic E-state index is -0.206. The van der Waals surface area contributed by atoms with Gasteiger partial charge in [-0.15, -0.1) is 0 Å². The summed E-state index contributed by atoms with van der Waals surface area (Å²) in [5, 5.41) is 4.89. The van der Waals surface area contributed by atoms with Crippen molar-refractivity contribution in [3.63, 3.8) is 0 Å². The quantitative estimate of drug-likeness (QED) is 0.252. The molecule has 0 aromatic heterocycles. The molecule has 1 aliphatic rings. The molecule has 1 aliphatic carbocycles. The molecule has 0 N–H and O–H groups in total. The second kappa shape index (κ2) is 9.04. The third-order valence-electron chi connectivity index (χ3n) is 6.59. The smallest absolute Gasteiger partial charge is 0.302 e. The summed E-state index contributed by atoms with van der Waals surface area (Å²) >= 11 is 0. The fraction of sp³-hybridized carbons (Fsp3) is 0.276. The second-order valence-corrected chi connectivity index (χ2v) is 8.66. The van der Waals surface area contributed by atoms with E-state index in [9.17, 15) is 4.79 Å². The van der Waals surface area contributed by atoms with Crippen LogP contribution in [0.25, 0.3) is 21.5 Å². The van der Waals surface area contributed by atoms with Gasteiger partial charge in [0.1, 0.15) is 18.5 Å². The van der Waals surface area contributed by atoms with E-state index in [0.29, 0.717) is 6.61 Å². The van der Waals surface area contributed by atoms with Crippen molar-refractivity contribution < 1.29 is 14.3 Å². The number of carbonyl (C=O) groups excluding carboxylic acids is 1. The summed E-state index contributed by atoms with van der Waals surface area (Å²) < 4.78 is 12.2. The Hall–Kier alpha value is -3.33. The number of fused-ring (bicyclic) bond motifs is 2. The Balaban J connectivity index is 1.50. The summed E-state index contributed by atoms with van der Waals surface area (Å²) in [6.45, 7) is 1.99. The first-order valence-corrected chi connectivity index (χ1v) is 11.5. The van der Waals surface area contributed by atoms with E-state index in [2.05, 4.69) is 66.7 Å². The van der Waals surface area contributed by atoms with Crippen molar-refractivity contribution in [3.8, 4) is 5.75 Å². The van der Waals surface area contributed by atoms with Crippen LogP contribution in [-0.2, 0) is 16.1 Å². The standard InChI is InChI=1S/C29H28O3/c1-20(30)32-29-17-9-7-15-26(29)25-14-6-8-16-28(25)31-19-27-23-12-4-2-10-21(23)18-22-11-3-5-13-24(22)27/h2-6,8,10-14,16,18,26,29H,7,9,15,17,19H2,1H3/t26-,29+/m0/s1. The lowest BCUT2D eigenvalue weighted by Gasteiger charge is -2.32. The van der Waals surface area contributed by atoms with E-state index >= 15 is 0 Å². The first kappa shape index (κ1) is 20.6. The average molecular weight is 425 g/mol. The van der Waals surface area contributed by atoms with Crippen LogP contribution in [0.1, 0.15) is 49.7 Å². The maximum absolute atomic E-state index is 11.7. The molecule has 162 valence electrons. The van der Waals surface area contributed by atoms with Crippen LogP contribution in [0.2, 0.25) is 0 Å². The minimum absolute atomic E-state index is 0.0793. The van der Waals surface area contributed by atoms with Crippen LogP contribution >= 0.6 is 0 Å². The first-order chi connectivity index (χ1) is 15.7. The lowest BCUT2D eigenvalue weighted by Crippen LogP contribution is -2.28. The van der Waals surface area contributed by atoms with Crippen LogP contribution < -0.4 is 4.74 Å². The lowest BCUT2D eigenvalue weighted by molar-refractivity contribution is -0.148. The maximum Gasteiger partial charge on any atom is 0.302 e. The Morgan fingerprint density at radius 1 is 0.844 bits per heavy atom. The van der Waals surface area contributed by atoms with Gasteiger partial charge in [0.05, 0.1) is 0 Å². The topological polar surface area (TPSA) is 35.5 Å². The number of benzene rings is 4. The fourth-order valence-corrected chi connectivity index (χ4v) is 5.14. The van der Waals surface area contributed by atoms with Gasteiger partial charge in [0.15, 0.2) is 0 Å². The van der Waals surface area contributed by atoms with Crippen molar-refractivity contribution in [2.45, 2.75) is 51.2 Å². The molecule has 2 atom stereocenters. The summed E-state index contributed by atoms with van der Waals surface area (Å²) in [4.78, 5) is 11.7. The molecule has 32 heavy (non-hydrogen) atoms. The molecular formula is C29H28O3. The predicted molar refractivity (Wildman–Crippen MR) is 129 cm³/mol. The molecule has 0 aliphatic heterocycles. The molecule has 0 unspecified atom stereocenters. The van der Waals surface area contributed by atoms with Gasteiger partial charge in [-0.3, -0.25) is 4.79 Å². The molecule has 0 saturated heterocycles. The normalized spacial score (nSPS) is 18.5. The summed E-state index contributed by atoms with van der Waals surface area (Å²) in [5.41, 5.74) is 2.34. The molecule has 0 amide bonds. The van der Waals surface area contributed by atoms with Crippen LogP contribution in [-0.4, -0.2) is 12.1 Å². The van der Waals surface area contributed by atoms with Gasteiger partial charge in [-0.05, 0) is 52.9 Å². The van der Waals surface area contributed by atoms with E-state index in [1.807, 2.05) is 12.1 Å². The molecule has 3 heteroatoms. The molecule has 4 aromatic carbocycles. The average Bonchev–Trinajstić information content (AvgIpc) is 2.82. The first-order valence-electron chi connectivity index (χ1n) is 11.5. The number of hydrogen-bond acceptors (Lipinski definition) is 3. The van der Waals surface area contributed by atoms with Crippen LogP contribution in [0, 0.1) is 0 Å². The largest absolute Gasteiger partial charge is 0.489 e. The maximum atomic E-state index is 11.7. The van der Waals surface area contributed by atoms with Gasteiger partial charge in [-0.25, -0.2) is 0 Å². The van der Waals surface area contributed by atoms with E-state index in [1.54, 1.807) is 0 Å². The molecule has 0 spiro atoms.